The predicted molar refractivity (Wildman–Crippen MR) is 79.6 cm³/mol. The van der Waals surface area contributed by atoms with E-state index in [4.69, 9.17) is 16.3 Å². The van der Waals surface area contributed by atoms with Gasteiger partial charge in [0.2, 0.25) is 0 Å². The average molecular weight is 411 g/mol. The van der Waals surface area contributed by atoms with Crippen molar-refractivity contribution < 1.29 is 13.5 Å². The highest BCUT2D eigenvalue weighted by atomic mass is 127. The highest BCUT2D eigenvalue weighted by Gasteiger charge is 2.13. The predicted octanol–water partition coefficient (Wildman–Crippen LogP) is 3.75. The first-order valence-electron chi connectivity index (χ1n) is 5.65. The SMILES string of the molecule is COCc1nc(Cc2ccc(F)cc2F)nc(Cl)c1I. The van der Waals surface area contributed by atoms with Crippen LogP contribution in [-0.2, 0) is 17.8 Å². The molecule has 0 aliphatic rings. The van der Waals surface area contributed by atoms with Crippen molar-refractivity contribution in [2.24, 2.45) is 0 Å². The Morgan fingerprint density at radius 1 is 1.30 bits per heavy atom. The number of hydrogen-bond donors (Lipinski definition) is 0. The van der Waals surface area contributed by atoms with E-state index < -0.39 is 11.6 Å². The van der Waals surface area contributed by atoms with Crippen molar-refractivity contribution in [2.45, 2.75) is 13.0 Å². The molecule has 1 heterocycles. The third-order valence-corrected chi connectivity index (χ3v) is 4.30. The van der Waals surface area contributed by atoms with Gasteiger partial charge in [0.05, 0.1) is 15.9 Å². The summed E-state index contributed by atoms with van der Waals surface area (Å²) in [6.45, 7) is 0.291. The fraction of sp³-hybridized carbons (Fsp3) is 0.231. The lowest BCUT2D eigenvalue weighted by molar-refractivity contribution is 0.180. The van der Waals surface area contributed by atoms with Gasteiger partial charge in [-0.1, -0.05) is 17.7 Å². The first-order chi connectivity index (χ1) is 9.51. The minimum Gasteiger partial charge on any atom is -0.378 e. The lowest BCUT2D eigenvalue weighted by Crippen LogP contribution is -2.06. The van der Waals surface area contributed by atoms with E-state index in [2.05, 4.69) is 9.97 Å². The smallest absolute Gasteiger partial charge is 0.146 e. The van der Waals surface area contributed by atoms with E-state index in [1.165, 1.54) is 12.1 Å². The topological polar surface area (TPSA) is 35.0 Å². The van der Waals surface area contributed by atoms with Crippen molar-refractivity contribution in [2.75, 3.05) is 7.11 Å². The van der Waals surface area contributed by atoms with Crippen LogP contribution in [0.2, 0.25) is 5.15 Å². The van der Waals surface area contributed by atoms with Crippen LogP contribution in [0.1, 0.15) is 17.1 Å². The minimum atomic E-state index is -0.628. The number of ether oxygens (including phenoxy) is 1. The number of halogens is 4. The average Bonchev–Trinajstić information content (AvgIpc) is 2.39. The molecular formula is C13H10ClF2IN2O. The summed E-state index contributed by atoms with van der Waals surface area (Å²) in [5.74, 6) is -0.877. The second kappa shape index (κ2) is 6.73. The molecule has 20 heavy (non-hydrogen) atoms. The molecule has 0 aliphatic heterocycles. The molecule has 1 aromatic heterocycles. The van der Waals surface area contributed by atoms with Crippen LogP contribution in [0.4, 0.5) is 8.78 Å². The molecule has 0 aliphatic carbocycles. The van der Waals surface area contributed by atoms with Gasteiger partial charge >= 0.3 is 0 Å². The van der Waals surface area contributed by atoms with E-state index in [1.54, 1.807) is 7.11 Å². The zero-order valence-electron chi connectivity index (χ0n) is 10.5. The molecule has 0 unspecified atom stereocenters. The summed E-state index contributed by atoms with van der Waals surface area (Å²) in [7, 11) is 1.55. The third-order valence-electron chi connectivity index (χ3n) is 2.57. The molecule has 0 amide bonds. The van der Waals surface area contributed by atoms with Crippen molar-refractivity contribution in [3.63, 3.8) is 0 Å². The largest absolute Gasteiger partial charge is 0.378 e. The molecule has 3 nitrogen and oxygen atoms in total. The van der Waals surface area contributed by atoms with Crippen LogP contribution in [0.5, 0.6) is 0 Å². The van der Waals surface area contributed by atoms with E-state index in [0.29, 0.717) is 32.4 Å². The van der Waals surface area contributed by atoms with Gasteiger partial charge in [-0.3, -0.25) is 0 Å². The van der Waals surface area contributed by atoms with Crippen LogP contribution in [0, 0.1) is 15.2 Å². The van der Waals surface area contributed by atoms with Gasteiger partial charge in [-0.2, -0.15) is 0 Å². The Hall–Kier alpha value is -0.860. The van der Waals surface area contributed by atoms with E-state index in [-0.39, 0.29) is 6.42 Å². The van der Waals surface area contributed by atoms with Gasteiger partial charge in [0, 0.05) is 19.6 Å². The quantitative estimate of drug-likeness (QED) is 0.569. The highest BCUT2D eigenvalue weighted by Crippen LogP contribution is 2.21. The Labute approximate surface area is 133 Å². The molecular weight excluding hydrogens is 401 g/mol. The van der Waals surface area contributed by atoms with Crippen LogP contribution >= 0.6 is 34.2 Å². The fourth-order valence-electron chi connectivity index (χ4n) is 1.66. The molecule has 0 radical (unpaired) electrons. The van der Waals surface area contributed by atoms with Crippen LogP contribution in [0.3, 0.4) is 0 Å². The lowest BCUT2D eigenvalue weighted by atomic mass is 10.1. The second-order valence-corrected chi connectivity index (χ2v) is 5.47. The molecule has 0 fully saturated rings. The molecule has 7 heteroatoms. The fourth-order valence-corrected chi connectivity index (χ4v) is 2.26. The molecule has 0 saturated carbocycles. The summed E-state index contributed by atoms with van der Waals surface area (Å²) in [6.07, 6.45) is 0.138. The van der Waals surface area contributed by atoms with Crippen molar-refractivity contribution >= 4 is 34.2 Å². The van der Waals surface area contributed by atoms with Crippen molar-refractivity contribution in [1.29, 1.82) is 0 Å². The number of aromatic nitrogens is 2. The molecule has 2 rings (SSSR count). The normalized spacial score (nSPS) is 10.8. The monoisotopic (exact) mass is 410 g/mol. The van der Waals surface area contributed by atoms with Gasteiger partial charge in [0.25, 0.3) is 0 Å². The molecule has 106 valence electrons. The minimum absolute atomic E-state index is 0.138. The molecule has 0 spiro atoms. The van der Waals surface area contributed by atoms with Crippen LogP contribution in [0.15, 0.2) is 18.2 Å². The van der Waals surface area contributed by atoms with Gasteiger partial charge < -0.3 is 4.74 Å². The Balaban J connectivity index is 2.33. The summed E-state index contributed by atoms with van der Waals surface area (Å²) in [5, 5.41) is 0.296. The van der Waals surface area contributed by atoms with Gasteiger partial charge in [0.15, 0.2) is 0 Å². The van der Waals surface area contributed by atoms with Crippen molar-refractivity contribution in [1.82, 2.24) is 9.97 Å². The Kier molecular flexibility index (Phi) is 5.22. The zero-order chi connectivity index (χ0) is 14.7. The maximum Gasteiger partial charge on any atom is 0.146 e. The van der Waals surface area contributed by atoms with Crippen LogP contribution in [0.25, 0.3) is 0 Å². The molecule has 2 aromatic rings. The van der Waals surface area contributed by atoms with Gasteiger partial charge in [-0.05, 0) is 34.2 Å². The maximum atomic E-state index is 13.6. The molecule has 0 saturated heterocycles. The number of nitrogens with zero attached hydrogens (tertiary/aromatic N) is 2. The van der Waals surface area contributed by atoms with E-state index in [0.717, 1.165) is 6.07 Å². The summed E-state index contributed by atoms with van der Waals surface area (Å²) < 4.78 is 32.2. The van der Waals surface area contributed by atoms with Crippen LogP contribution < -0.4 is 0 Å². The Morgan fingerprint density at radius 2 is 2.05 bits per heavy atom. The summed E-state index contributed by atoms with van der Waals surface area (Å²) in [6, 6.07) is 3.40. The van der Waals surface area contributed by atoms with E-state index in [1.807, 2.05) is 22.6 Å². The number of methoxy groups -OCH3 is 1. The Bertz CT molecular complexity index is 640. The summed E-state index contributed by atoms with van der Waals surface area (Å²) in [4.78, 5) is 8.40. The molecule has 1 aromatic carbocycles. The number of rotatable bonds is 4. The van der Waals surface area contributed by atoms with E-state index in [9.17, 15) is 8.78 Å². The molecule has 0 atom stereocenters. The first kappa shape index (κ1) is 15.5. The second-order valence-electron chi connectivity index (χ2n) is 4.04. The molecule has 0 bridgehead atoms. The zero-order valence-corrected chi connectivity index (χ0v) is 13.4. The van der Waals surface area contributed by atoms with Gasteiger partial charge in [-0.25, -0.2) is 18.7 Å². The first-order valence-corrected chi connectivity index (χ1v) is 7.10. The lowest BCUT2D eigenvalue weighted by Gasteiger charge is -2.08. The third kappa shape index (κ3) is 3.62. The van der Waals surface area contributed by atoms with Gasteiger partial charge in [-0.15, -0.1) is 0 Å². The number of benzene rings is 1. The Morgan fingerprint density at radius 3 is 2.70 bits per heavy atom. The van der Waals surface area contributed by atoms with Crippen LogP contribution in [-0.4, -0.2) is 17.1 Å². The van der Waals surface area contributed by atoms with Gasteiger partial charge in [0.1, 0.15) is 22.6 Å². The number of hydrogen-bond acceptors (Lipinski definition) is 3. The maximum absolute atomic E-state index is 13.6. The molecule has 0 N–H and O–H groups in total. The summed E-state index contributed by atoms with van der Waals surface area (Å²) in [5.41, 5.74) is 0.956. The van der Waals surface area contributed by atoms with Crippen molar-refractivity contribution in [3.05, 3.63) is 55.6 Å². The summed E-state index contributed by atoms with van der Waals surface area (Å²) >= 11 is 8.04. The highest BCUT2D eigenvalue weighted by molar-refractivity contribution is 14.1. The van der Waals surface area contributed by atoms with Crippen molar-refractivity contribution in [3.8, 4) is 0 Å². The standard InChI is InChI=1S/C13H10ClF2IN2O/c1-20-6-10-12(17)13(14)19-11(18-10)4-7-2-3-8(15)5-9(7)16/h2-3,5H,4,6H2,1H3. The van der Waals surface area contributed by atoms with E-state index >= 15 is 0 Å².